The Labute approximate surface area is 200 Å². The number of hydrogen-bond acceptors (Lipinski definition) is 3. The van der Waals surface area contributed by atoms with Gasteiger partial charge in [0.2, 0.25) is 12.7 Å². The zero-order valence-corrected chi connectivity index (χ0v) is 19.3. The second kappa shape index (κ2) is 10.3. The monoisotopic (exact) mass is 459 g/mol. The molecule has 34 heavy (non-hydrogen) atoms. The van der Waals surface area contributed by atoms with Crippen LogP contribution in [0.2, 0.25) is 0 Å². The van der Waals surface area contributed by atoms with Crippen LogP contribution in [0.4, 0.5) is 4.39 Å². The van der Waals surface area contributed by atoms with Gasteiger partial charge >= 0.3 is 0 Å². The average Bonchev–Trinajstić information content (AvgIpc) is 3.35. The van der Waals surface area contributed by atoms with E-state index in [9.17, 15) is 9.18 Å². The molecule has 0 aliphatic carbocycles. The number of rotatable bonds is 7. The molecule has 0 atom stereocenters. The van der Waals surface area contributed by atoms with E-state index in [0.29, 0.717) is 25.6 Å². The molecule has 3 aromatic carbocycles. The highest BCUT2D eigenvalue weighted by atomic mass is 19.1. The fraction of sp³-hybridized carbons (Fsp3) is 0.345. The van der Waals surface area contributed by atoms with Gasteiger partial charge in [-0.05, 0) is 84.5 Å². The van der Waals surface area contributed by atoms with Gasteiger partial charge in [-0.1, -0.05) is 42.5 Å². The molecule has 1 fully saturated rings. The summed E-state index contributed by atoms with van der Waals surface area (Å²) >= 11 is 0. The molecule has 0 radical (unpaired) electrons. The van der Waals surface area contributed by atoms with Gasteiger partial charge < -0.3 is 14.4 Å². The third kappa shape index (κ3) is 5.24. The van der Waals surface area contributed by atoms with Gasteiger partial charge in [0.25, 0.3) is 0 Å². The van der Waals surface area contributed by atoms with E-state index >= 15 is 0 Å². The van der Waals surface area contributed by atoms with Gasteiger partial charge in [-0.25, -0.2) is 4.39 Å². The highest BCUT2D eigenvalue weighted by Crippen LogP contribution is 2.33. The predicted molar refractivity (Wildman–Crippen MR) is 130 cm³/mol. The maximum absolute atomic E-state index is 13.3. The summed E-state index contributed by atoms with van der Waals surface area (Å²) in [5.41, 5.74) is 4.45. The van der Waals surface area contributed by atoms with E-state index in [4.69, 9.17) is 9.47 Å². The molecule has 3 aromatic rings. The van der Waals surface area contributed by atoms with Crippen LogP contribution >= 0.6 is 0 Å². The standard InChI is InChI=1S/C29H30FNO3/c30-25-11-8-24(9-12-25)26-4-2-1-3-23(26)10-14-29(32)31-17-15-21(16-18-31)5-6-22-7-13-27-28(19-22)34-20-33-27/h1-4,7-9,11-13,19,21H,5-6,10,14-18,20H2. The number of benzene rings is 3. The van der Waals surface area contributed by atoms with Crippen molar-refractivity contribution >= 4 is 5.91 Å². The van der Waals surface area contributed by atoms with Crippen molar-refractivity contribution in [2.24, 2.45) is 5.92 Å². The summed E-state index contributed by atoms with van der Waals surface area (Å²) < 4.78 is 24.2. The topological polar surface area (TPSA) is 38.8 Å². The van der Waals surface area contributed by atoms with Crippen molar-refractivity contribution in [3.05, 3.63) is 83.7 Å². The van der Waals surface area contributed by atoms with Crippen molar-refractivity contribution in [2.45, 2.75) is 38.5 Å². The lowest BCUT2D eigenvalue weighted by molar-refractivity contribution is -0.132. The normalized spacial score (nSPS) is 15.5. The van der Waals surface area contributed by atoms with E-state index in [1.54, 1.807) is 12.1 Å². The first-order valence-electron chi connectivity index (χ1n) is 12.2. The summed E-state index contributed by atoms with van der Waals surface area (Å²) in [6.07, 6.45) is 5.46. The molecule has 176 valence electrons. The van der Waals surface area contributed by atoms with Gasteiger partial charge in [0.05, 0.1) is 0 Å². The van der Waals surface area contributed by atoms with Crippen LogP contribution in [0.1, 0.15) is 36.8 Å². The number of halogens is 1. The van der Waals surface area contributed by atoms with Gasteiger partial charge in [-0.15, -0.1) is 0 Å². The number of nitrogens with zero attached hydrogens (tertiary/aromatic N) is 1. The van der Waals surface area contributed by atoms with Crippen molar-refractivity contribution in [3.8, 4) is 22.6 Å². The third-order valence-electron chi connectivity index (χ3n) is 7.03. The van der Waals surface area contributed by atoms with Crippen LogP contribution in [0.25, 0.3) is 11.1 Å². The van der Waals surface area contributed by atoms with Crippen LogP contribution in [0.5, 0.6) is 11.5 Å². The average molecular weight is 460 g/mol. The van der Waals surface area contributed by atoms with Crippen LogP contribution in [0.15, 0.2) is 66.7 Å². The first kappa shape index (κ1) is 22.5. The second-order valence-electron chi connectivity index (χ2n) is 9.21. The molecule has 0 spiro atoms. The van der Waals surface area contributed by atoms with Gasteiger partial charge in [-0.2, -0.15) is 0 Å². The number of fused-ring (bicyclic) bond motifs is 1. The van der Waals surface area contributed by atoms with Crippen LogP contribution in [-0.2, 0) is 17.6 Å². The summed E-state index contributed by atoms with van der Waals surface area (Å²) in [5, 5.41) is 0. The number of likely N-dealkylation sites (tertiary alicyclic amines) is 1. The molecule has 0 aromatic heterocycles. The Morgan fingerprint density at radius 3 is 2.50 bits per heavy atom. The minimum Gasteiger partial charge on any atom is -0.454 e. The van der Waals surface area contributed by atoms with E-state index in [-0.39, 0.29) is 11.7 Å². The van der Waals surface area contributed by atoms with E-state index in [0.717, 1.165) is 67.0 Å². The number of aryl methyl sites for hydroxylation is 2. The number of carbonyl (C=O) groups is 1. The Balaban J connectivity index is 1.10. The second-order valence-corrected chi connectivity index (χ2v) is 9.21. The van der Waals surface area contributed by atoms with Gasteiger partial charge in [0.1, 0.15) is 5.82 Å². The smallest absolute Gasteiger partial charge is 0.231 e. The van der Waals surface area contributed by atoms with Gasteiger partial charge in [0, 0.05) is 19.5 Å². The zero-order valence-electron chi connectivity index (χ0n) is 19.3. The largest absolute Gasteiger partial charge is 0.454 e. The molecule has 0 unspecified atom stereocenters. The molecule has 2 aliphatic rings. The Hall–Kier alpha value is -3.34. The van der Waals surface area contributed by atoms with Crippen LogP contribution in [-0.4, -0.2) is 30.7 Å². The number of carbonyl (C=O) groups excluding carboxylic acids is 1. The molecular weight excluding hydrogens is 429 g/mol. The van der Waals surface area contributed by atoms with Crippen LogP contribution in [0, 0.1) is 11.7 Å². The Kier molecular flexibility index (Phi) is 6.79. The first-order valence-corrected chi connectivity index (χ1v) is 12.2. The molecule has 0 bridgehead atoms. The molecule has 1 amide bonds. The van der Waals surface area contributed by atoms with Crippen LogP contribution in [0.3, 0.4) is 0 Å². The number of amides is 1. The first-order chi connectivity index (χ1) is 16.7. The van der Waals surface area contributed by atoms with Crippen molar-refractivity contribution in [1.29, 1.82) is 0 Å². The Bertz CT molecular complexity index is 1140. The molecule has 4 nitrogen and oxygen atoms in total. The maximum Gasteiger partial charge on any atom is 0.231 e. The minimum atomic E-state index is -0.240. The number of ether oxygens (including phenoxy) is 2. The Morgan fingerprint density at radius 2 is 1.68 bits per heavy atom. The summed E-state index contributed by atoms with van der Waals surface area (Å²) in [5.74, 6) is 2.31. The Morgan fingerprint density at radius 1 is 0.912 bits per heavy atom. The summed E-state index contributed by atoms with van der Waals surface area (Å²) in [6.45, 7) is 1.98. The SMILES string of the molecule is O=C(CCc1ccccc1-c1ccc(F)cc1)N1CCC(CCc2ccc3c(c2)OCO3)CC1. The lowest BCUT2D eigenvalue weighted by Crippen LogP contribution is -2.38. The molecule has 2 heterocycles. The molecule has 2 aliphatic heterocycles. The molecule has 0 N–H and O–H groups in total. The van der Waals surface area contributed by atoms with Gasteiger partial charge in [-0.3, -0.25) is 4.79 Å². The lowest BCUT2D eigenvalue weighted by atomic mass is 9.90. The fourth-order valence-electron chi connectivity index (χ4n) is 4.99. The highest BCUT2D eigenvalue weighted by Gasteiger charge is 2.23. The van der Waals surface area contributed by atoms with Crippen molar-refractivity contribution < 1.29 is 18.7 Å². The number of piperidine rings is 1. The molecule has 1 saturated heterocycles. The van der Waals surface area contributed by atoms with Gasteiger partial charge in [0.15, 0.2) is 11.5 Å². The lowest BCUT2D eigenvalue weighted by Gasteiger charge is -2.32. The van der Waals surface area contributed by atoms with Crippen molar-refractivity contribution in [1.82, 2.24) is 4.90 Å². The highest BCUT2D eigenvalue weighted by molar-refractivity contribution is 5.77. The molecule has 0 saturated carbocycles. The van der Waals surface area contributed by atoms with E-state index in [1.807, 2.05) is 29.2 Å². The predicted octanol–water partition coefficient (Wildman–Crippen LogP) is 6.03. The summed E-state index contributed by atoms with van der Waals surface area (Å²) in [4.78, 5) is 14.9. The zero-order chi connectivity index (χ0) is 23.3. The number of hydrogen-bond donors (Lipinski definition) is 0. The third-order valence-corrected chi connectivity index (χ3v) is 7.03. The summed E-state index contributed by atoms with van der Waals surface area (Å²) in [7, 11) is 0. The van der Waals surface area contributed by atoms with E-state index in [2.05, 4.69) is 18.2 Å². The fourth-order valence-corrected chi connectivity index (χ4v) is 4.99. The molecule has 5 rings (SSSR count). The van der Waals surface area contributed by atoms with E-state index < -0.39 is 0 Å². The van der Waals surface area contributed by atoms with E-state index in [1.165, 1.54) is 17.7 Å². The van der Waals surface area contributed by atoms with Crippen molar-refractivity contribution in [3.63, 3.8) is 0 Å². The van der Waals surface area contributed by atoms with Crippen molar-refractivity contribution in [2.75, 3.05) is 19.9 Å². The maximum atomic E-state index is 13.3. The summed E-state index contributed by atoms with van der Waals surface area (Å²) in [6, 6.07) is 20.8. The molecule has 5 heteroatoms. The minimum absolute atomic E-state index is 0.225. The molecular formula is C29H30FNO3. The quantitative estimate of drug-likeness (QED) is 0.433. The van der Waals surface area contributed by atoms with Crippen LogP contribution < -0.4 is 9.47 Å².